The predicted octanol–water partition coefficient (Wildman–Crippen LogP) is 1.29. The van der Waals surface area contributed by atoms with Crippen molar-refractivity contribution < 1.29 is 19.0 Å². The van der Waals surface area contributed by atoms with Gasteiger partial charge in [0.25, 0.3) is 0 Å². The van der Waals surface area contributed by atoms with Crippen molar-refractivity contribution in [3.63, 3.8) is 0 Å². The van der Waals surface area contributed by atoms with Gasteiger partial charge in [-0.15, -0.1) is 0 Å². The van der Waals surface area contributed by atoms with E-state index in [0.717, 1.165) is 0 Å². The summed E-state index contributed by atoms with van der Waals surface area (Å²) in [6.07, 6.45) is 0.358. The van der Waals surface area contributed by atoms with Gasteiger partial charge in [0.05, 0.1) is 19.3 Å². The average Bonchev–Trinajstić information content (AvgIpc) is 1.99. The van der Waals surface area contributed by atoms with E-state index in [-0.39, 0.29) is 6.42 Å². The second kappa shape index (κ2) is 6.17. The highest BCUT2D eigenvalue weighted by Gasteiger charge is 2.17. The minimum Gasteiger partial charge on any atom is -0.481 e. The largest absolute Gasteiger partial charge is 0.481 e. The summed E-state index contributed by atoms with van der Waals surface area (Å²) in [6, 6.07) is 0. The van der Waals surface area contributed by atoms with Crippen molar-refractivity contribution in [2.45, 2.75) is 13.3 Å². The van der Waals surface area contributed by atoms with Gasteiger partial charge in [0.1, 0.15) is 0 Å². The molecule has 0 aliphatic rings. The molecule has 0 aromatic rings. The lowest BCUT2D eigenvalue weighted by Crippen LogP contribution is -2.23. The van der Waals surface area contributed by atoms with Gasteiger partial charge in [0, 0.05) is 13.2 Å². The van der Waals surface area contributed by atoms with Gasteiger partial charge in [0.2, 0.25) is 7.37 Å². The number of carbonyl (C=O) groups is 1. The van der Waals surface area contributed by atoms with Gasteiger partial charge in [-0.1, -0.05) is 0 Å². The molecule has 1 atom stereocenters. The molecule has 14 heavy (non-hydrogen) atoms. The maximum absolute atomic E-state index is 11.7. The summed E-state index contributed by atoms with van der Waals surface area (Å²) < 4.78 is 16.7. The number of rotatable bonds is 7. The maximum atomic E-state index is 11.7. The summed E-state index contributed by atoms with van der Waals surface area (Å²) >= 11 is 0. The van der Waals surface area contributed by atoms with Crippen LogP contribution in [0.3, 0.4) is 0 Å². The normalized spacial score (nSPS) is 15.4. The van der Waals surface area contributed by atoms with Crippen molar-refractivity contribution in [3.8, 4) is 0 Å². The predicted molar refractivity (Wildman–Crippen MR) is 54.9 cm³/mol. The Balaban J connectivity index is 3.86. The van der Waals surface area contributed by atoms with Crippen LogP contribution >= 0.6 is 7.37 Å². The number of hydrogen-bond acceptors (Lipinski definition) is 4. The molecule has 0 rings (SSSR count). The molecule has 0 aromatic carbocycles. The highest BCUT2D eigenvalue weighted by atomic mass is 31.2. The minimum absolute atomic E-state index is 0.0582. The van der Waals surface area contributed by atoms with E-state index < -0.39 is 13.3 Å². The quantitative estimate of drug-likeness (QED) is 0.659. The van der Waals surface area contributed by atoms with E-state index in [4.69, 9.17) is 9.63 Å². The van der Waals surface area contributed by atoms with Crippen LogP contribution < -0.4 is 0 Å². The van der Waals surface area contributed by atoms with Crippen LogP contribution in [0.15, 0.2) is 0 Å². The lowest BCUT2D eigenvalue weighted by molar-refractivity contribution is -0.137. The fraction of sp³-hybridized carbons (Fsp3) is 0.875. The van der Waals surface area contributed by atoms with Crippen LogP contribution in [0.2, 0.25) is 0 Å². The van der Waals surface area contributed by atoms with Gasteiger partial charge in [-0.3, -0.25) is 14.3 Å². The Morgan fingerprint density at radius 3 is 2.57 bits per heavy atom. The molecule has 0 amide bonds. The van der Waals surface area contributed by atoms with Crippen LogP contribution in [0.1, 0.15) is 13.3 Å². The molecule has 0 saturated carbocycles. The molecule has 84 valence electrons. The molecule has 0 saturated heterocycles. The third-order valence-electron chi connectivity index (χ3n) is 1.61. The number of carboxylic acid groups (broad SMARTS) is 1. The second-order valence-corrected chi connectivity index (χ2v) is 5.87. The molecule has 6 heteroatoms. The molecule has 0 spiro atoms. The first kappa shape index (κ1) is 13.6. The lowest BCUT2D eigenvalue weighted by atomic mass is 10.4. The maximum Gasteiger partial charge on any atom is 0.304 e. The topological polar surface area (TPSA) is 66.8 Å². The molecular weight excluding hydrogens is 205 g/mol. The summed E-state index contributed by atoms with van der Waals surface area (Å²) in [4.78, 5) is 12.0. The van der Waals surface area contributed by atoms with E-state index in [9.17, 15) is 9.36 Å². The van der Waals surface area contributed by atoms with Gasteiger partial charge >= 0.3 is 5.97 Å². The van der Waals surface area contributed by atoms with Crippen molar-refractivity contribution in [2.24, 2.45) is 0 Å². The zero-order chi connectivity index (χ0) is 11.2. The number of carboxylic acids is 1. The van der Waals surface area contributed by atoms with Gasteiger partial charge in [0.15, 0.2) is 0 Å². The van der Waals surface area contributed by atoms with Crippen molar-refractivity contribution in [3.05, 3.63) is 0 Å². The molecule has 0 bridgehead atoms. The Labute approximate surface area is 84.5 Å². The lowest BCUT2D eigenvalue weighted by Gasteiger charge is -2.20. The fourth-order valence-corrected chi connectivity index (χ4v) is 2.76. The van der Waals surface area contributed by atoms with Crippen LogP contribution in [0, 0.1) is 0 Å². The van der Waals surface area contributed by atoms with E-state index in [0.29, 0.717) is 19.4 Å². The third-order valence-corrected chi connectivity index (χ3v) is 3.41. The van der Waals surface area contributed by atoms with Crippen LogP contribution in [0.25, 0.3) is 0 Å². The first-order chi connectivity index (χ1) is 6.37. The summed E-state index contributed by atoms with van der Waals surface area (Å²) in [5.74, 6) is -0.848. The van der Waals surface area contributed by atoms with Crippen LogP contribution in [0.4, 0.5) is 0 Å². The van der Waals surface area contributed by atoms with Crippen molar-refractivity contribution in [2.75, 3.05) is 33.1 Å². The van der Waals surface area contributed by atoms with E-state index in [1.54, 1.807) is 25.5 Å². The molecule has 5 nitrogen and oxygen atoms in total. The molecule has 1 unspecified atom stereocenters. The monoisotopic (exact) mass is 223 g/mol. The summed E-state index contributed by atoms with van der Waals surface area (Å²) in [6.45, 7) is 4.15. The Morgan fingerprint density at radius 2 is 2.14 bits per heavy atom. The molecule has 0 aromatic heterocycles. The first-order valence-corrected chi connectivity index (χ1v) is 6.74. The fourth-order valence-electron chi connectivity index (χ4n) is 1.11. The molecule has 0 radical (unpaired) electrons. The Hall–Kier alpha value is -0.380. The molecule has 0 aliphatic heterocycles. The van der Waals surface area contributed by atoms with Crippen molar-refractivity contribution >= 4 is 13.3 Å². The number of hydrogen-bond donors (Lipinski definition) is 1. The minimum atomic E-state index is -2.58. The van der Waals surface area contributed by atoms with Crippen LogP contribution in [-0.2, 0) is 13.9 Å². The number of nitrogens with zero attached hydrogens (tertiary/aromatic N) is 1. The van der Waals surface area contributed by atoms with Gasteiger partial charge in [-0.05, 0) is 14.0 Å². The molecular formula is C8H18NO4P. The first-order valence-electron chi connectivity index (χ1n) is 4.49. The summed E-state index contributed by atoms with van der Waals surface area (Å²) in [5.41, 5.74) is 0. The molecule has 0 fully saturated rings. The standard InChI is InChI=1S/C8H18NO4P/c1-4-13-14(3,12)7-9(2)6-5-8(10)11/h4-7H2,1-3H3,(H,10,11). The molecule has 1 N–H and O–H groups in total. The highest BCUT2D eigenvalue weighted by molar-refractivity contribution is 7.58. The average molecular weight is 223 g/mol. The van der Waals surface area contributed by atoms with E-state index >= 15 is 0 Å². The zero-order valence-corrected chi connectivity index (χ0v) is 9.79. The van der Waals surface area contributed by atoms with Crippen molar-refractivity contribution in [1.29, 1.82) is 0 Å². The van der Waals surface area contributed by atoms with Gasteiger partial charge in [-0.2, -0.15) is 0 Å². The van der Waals surface area contributed by atoms with E-state index in [1.807, 2.05) is 0 Å². The summed E-state index contributed by atoms with van der Waals surface area (Å²) in [5, 5.41) is 8.44. The van der Waals surface area contributed by atoms with Gasteiger partial charge in [-0.25, -0.2) is 0 Å². The third kappa shape index (κ3) is 7.06. The SMILES string of the molecule is CCOP(C)(=O)CN(C)CCC(=O)O. The van der Waals surface area contributed by atoms with E-state index in [2.05, 4.69) is 0 Å². The highest BCUT2D eigenvalue weighted by Crippen LogP contribution is 2.42. The van der Waals surface area contributed by atoms with Crippen LogP contribution in [-0.4, -0.2) is 49.1 Å². The van der Waals surface area contributed by atoms with E-state index in [1.165, 1.54) is 0 Å². The van der Waals surface area contributed by atoms with Crippen molar-refractivity contribution in [1.82, 2.24) is 4.90 Å². The Kier molecular flexibility index (Phi) is 6.00. The van der Waals surface area contributed by atoms with Gasteiger partial charge < -0.3 is 9.63 Å². The summed E-state index contributed by atoms with van der Waals surface area (Å²) in [7, 11) is -0.841. The Bertz CT molecular complexity index is 231. The Morgan fingerprint density at radius 1 is 1.57 bits per heavy atom. The second-order valence-electron chi connectivity index (χ2n) is 3.30. The molecule has 0 aliphatic carbocycles. The molecule has 0 heterocycles. The number of aliphatic carboxylic acids is 1. The smallest absolute Gasteiger partial charge is 0.304 e. The van der Waals surface area contributed by atoms with Crippen LogP contribution in [0.5, 0.6) is 0 Å². The zero-order valence-electron chi connectivity index (χ0n) is 8.89.